The molecule has 0 bridgehead atoms. The van der Waals surface area contributed by atoms with Crippen LogP contribution in [-0.4, -0.2) is 60.0 Å². The van der Waals surface area contributed by atoms with Gasteiger partial charge in [0.1, 0.15) is 16.7 Å². The Balaban J connectivity index is 1.79. The van der Waals surface area contributed by atoms with E-state index in [0.29, 0.717) is 18.9 Å². The van der Waals surface area contributed by atoms with E-state index in [0.717, 1.165) is 39.9 Å². The van der Waals surface area contributed by atoms with Crippen molar-refractivity contribution in [3.8, 4) is 11.3 Å². The smallest absolute Gasteiger partial charge is 0.168 e. The van der Waals surface area contributed by atoms with E-state index in [9.17, 15) is 8.42 Å². The molecule has 4 aromatic rings. The lowest BCUT2D eigenvalue weighted by molar-refractivity contribution is 0.0991. The fourth-order valence-electron chi connectivity index (χ4n) is 4.26. The highest BCUT2D eigenvalue weighted by Gasteiger charge is 2.26. The normalized spacial score (nSPS) is 18.7. The minimum absolute atomic E-state index is 0.201. The van der Waals surface area contributed by atoms with Crippen LogP contribution in [0.15, 0.2) is 42.9 Å². The summed E-state index contributed by atoms with van der Waals surface area (Å²) in [6.07, 6.45) is 6.69. The number of aromatic nitrogens is 4. The first-order valence-electron chi connectivity index (χ1n) is 10.3. The number of morpholine rings is 1. The second-order valence-electron chi connectivity index (χ2n) is 8.13. The van der Waals surface area contributed by atoms with Gasteiger partial charge >= 0.3 is 0 Å². The predicted octanol–water partition coefficient (Wildman–Crippen LogP) is 3.37. The molecule has 1 saturated heterocycles. The zero-order chi connectivity index (χ0) is 21.8. The van der Waals surface area contributed by atoms with Gasteiger partial charge in [-0.2, -0.15) is 0 Å². The molecule has 1 fully saturated rings. The molecule has 0 saturated carbocycles. The molecule has 0 aliphatic carbocycles. The second-order valence-corrected chi connectivity index (χ2v) is 10.5. The van der Waals surface area contributed by atoms with Crippen molar-refractivity contribution in [2.75, 3.05) is 30.9 Å². The Kier molecular flexibility index (Phi) is 4.75. The average molecular weight is 440 g/mol. The van der Waals surface area contributed by atoms with Gasteiger partial charge in [-0.1, -0.05) is 0 Å². The van der Waals surface area contributed by atoms with Crippen molar-refractivity contribution in [2.24, 2.45) is 0 Å². The SMILES string of the molecule is CC(n1ccc2c(N3CCOC[C@H]3C)cc(-c3ccnc4[nH]ccc34)nc21)S(C)(=O)=O. The number of fused-ring (bicyclic) bond motifs is 2. The molecule has 0 aromatic carbocycles. The number of anilines is 1. The van der Waals surface area contributed by atoms with E-state index in [2.05, 4.69) is 27.9 Å². The molecule has 1 aliphatic rings. The fraction of sp³-hybridized carbons (Fsp3) is 0.364. The first-order chi connectivity index (χ1) is 14.8. The van der Waals surface area contributed by atoms with Crippen LogP contribution in [0, 0.1) is 0 Å². The number of hydrogen-bond acceptors (Lipinski definition) is 6. The van der Waals surface area contributed by atoms with Crippen LogP contribution < -0.4 is 4.90 Å². The van der Waals surface area contributed by atoms with Gasteiger partial charge in [0, 0.05) is 53.8 Å². The minimum atomic E-state index is -3.29. The predicted molar refractivity (Wildman–Crippen MR) is 122 cm³/mol. The van der Waals surface area contributed by atoms with Crippen LogP contribution in [0.1, 0.15) is 19.2 Å². The Labute approximate surface area is 180 Å². The summed E-state index contributed by atoms with van der Waals surface area (Å²) < 4.78 is 32.0. The van der Waals surface area contributed by atoms with Gasteiger partial charge in [-0.15, -0.1) is 0 Å². The van der Waals surface area contributed by atoms with Crippen molar-refractivity contribution in [2.45, 2.75) is 25.3 Å². The van der Waals surface area contributed by atoms with Crippen molar-refractivity contribution < 1.29 is 13.2 Å². The van der Waals surface area contributed by atoms with Crippen molar-refractivity contribution in [1.82, 2.24) is 19.5 Å². The summed E-state index contributed by atoms with van der Waals surface area (Å²) in [6.45, 7) is 5.90. The number of hydrogen-bond donors (Lipinski definition) is 1. The zero-order valence-electron chi connectivity index (χ0n) is 17.7. The monoisotopic (exact) mass is 439 g/mol. The van der Waals surface area contributed by atoms with Crippen LogP contribution in [0.25, 0.3) is 33.3 Å². The third kappa shape index (κ3) is 3.37. The van der Waals surface area contributed by atoms with Crippen LogP contribution in [-0.2, 0) is 14.6 Å². The maximum atomic E-state index is 12.3. The molecule has 8 nitrogen and oxygen atoms in total. The third-order valence-corrected chi connectivity index (χ3v) is 7.55. The Morgan fingerprint density at radius 1 is 1.26 bits per heavy atom. The van der Waals surface area contributed by atoms with E-state index in [-0.39, 0.29) is 6.04 Å². The molecule has 5 heterocycles. The standard InChI is InChI=1S/C22H25N5O3S/c1-14-13-30-11-10-26(14)20-12-19(16-4-7-23-21-17(16)5-8-24-21)25-22-18(20)6-9-27(22)15(2)31(3,28)29/h4-9,12,14-15H,10-11,13H2,1-3H3,(H,23,24)/t14-,15?/m1/s1. The summed E-state index contributed by atoms with van der Waals surface area (Å²) in [5.41, 5.74) is 4.23. The van der Waals surface area contributed by atoms with E-state index in [1.165, 1.54) is 6.26 Å². The first kappa shape index (κ1) is 20.0. The number of nitrogens with zero attached hydrogens (tertiary/aromatic N) is 4. The summed E-state index contributed by atoms with van der Waals surface area (Å²) in [5, 5.41) is 1.20. The molecule has 162 valence electrons. The number of nitrogens with one attached hydrogen (secondary N) is 1. The lowest BCUT2D eigenvalue weighted by Crippen LogP contribution is -2.43. The molecule has 2 atom stereocenters. The van der Waals surface area contributed by atoms with E-state index in [4.69, 9.17) is 9.72 Å². The summed E-state index contributed by atoms with van der Waals surface area (Å²) in [7, 11) is -3.29. The lowest BCUT2D eigenvalue weighted by atomic mass is 10.1. The van der Waals surface area contributed by atoms with Crippen LogP contribution in [0.4, 0.5) is 5.69 Å². The van der Waals surface area contributed by atoms with Gasteiger partial charge in [-0.05, 0) is 38.1 Å². The summed E-state index contributed by atoms with van der Waals surface area (Å²) in [4.78, 5) is 14.8. The fourth-order valence-corrected chi connectivity index (χ4v) is 4.84. The number of H-pyrrole nitrogens is 1. The minimum Gasteiger partial charge on any atom is -0.377 e. The quantitative estimate of drug-likeness (QED) is 0.524. The molecule has 1 aliphatic heterocycles. The van der Waals surface area contributed by atoms with Crippen LogP contribution >= 0.6 is 0 Å². The number of sulfone groups is 1. The van der Waals surface area contributed by atoms with Gasteiger partial charge in [-0.25, -0.2) is 18.4 Å². The molecule has 4 aromatic heterocycles. The summed E-state index contributed by atoms with van der Waals surface area (Å²) in [6, 6.07) is 8.20. The maximum Gasteiger partial charge on any atom is 0.168 e. The second kappa shape index (κ2) is 7.35. The third-order valence-electron chi connectivity index (χ3n) is 6.09. The molecule has 9 heteroatoms. The van der Waals surface area contributed by atoms with E-state index in [1.54, 1.807) is 17.7 Å². The summed E-state index contributed by atoms with van der Waals surface area (Å²) >= 11 is 0. The molecule has 1 unspecified atom stereocenters. The largest absolute Gasteiger partial charge is 0.377 e. The van der Waals surface area contributed by atoms with Gasteiger partial charge in [0.15, 0.2) is 9.84 Å². The molecule has 0 radical (unpaired) electrons. The lowest BCUT2D eigenvalue weighted by Gasteiger charge is -2.36. The molecule has 5 rings (SSSR count). The molecule has 0 spiro atoms. The average Bonchev–Trinajstić information content (AvgIpc) is 3.39. The molecular weight excluding hydrogens is 414 g/mol. The van der Waals surface area contributed by atoms with Gasteiger partial charge in [0.2, 0.25) is 0 Å². The van der Waals surface area contributed by atoms with Crippen LogP contribution in [0.2, 0.25) is 0 Å². The van der Waals surface area contributed by atoms with Gasteiger partial charge in [-0.3, -0.25) is 0 Å². The van der Waals surface area contributed by atoms with Gasteiger partial charge in [0.25, 0.3) is 0 Å². The Morgan fingerprint density at radius 3 is 2.87 bits per heavy atom. The van der Waals surface area contributed by atoms with E-state index in [1.807, 2.05) is 30.6 Å². The molecule has 0 amide bonds. The topological polar surface area (TPSA) is 93.1 Å². The van der Waals surface area contributed by atoms with Gasteiger partial charge < -0.3 is 19.2 Å². The molecule has 1 N–H and O–H groups in total. The zero-order valence-corrected chi connectivity index (χ0v) is 18.6. The van der Waals surface area contributed by atoms with Crippen LogP contribution in [0.5, 0.6) is 0 Å². The highest BCUT2D eigenvalue weighted by molar-refractivity contribution is 7.90. The number of rotatable bonds is 4. The Hall–Kier alpha value is -2.91. The van der Waals surface area contributed by atoms with Crippen molar-refractivity contribution in [3.63, 3.8) is 0 Å². The van der Waals surface area contributed by atoms with Crippen molar-refractivity contribution in [1.29, 1.82) is 0 Å². The number of ether oxygens (including phenoxy) is 1. The van der Waals surface area contributed by atoms with Crippen LogP contribution in [0.3, 0.4) is 0 Å². The Morgan fingerprint density at radius 2 is 2.10 bits per heavy atom. The van der Waals surface area contributed by atoms with Gasteiger partial charge in [0.05, 0.1) is 24.6 Å². The first-order valence-corrected chi connectivity index (χ1v) is 12.3. The molecule has 31 heavy (non-hydrogen) atoms. The number of aromatic amines is 1. The maximum absolute atomic E-state index is 12.3. The van der Waals surface area contributed by atoms with E-state index < -0.39 is 15.2 Å². The highest BCUT2D eigenvalue weighted by atomic mass is 32.2. The van der Waals surface area contributed by atoms with Crippen molar-refractivity contribution >= 4 is 37.6 Å². The van der Waals surface area contributed by atoms with E-state index >= 15 is 0 Å². The Bertz CT molecular complexity index is 1370. The highest BCUT2D eigenvalue weighted by Crippen LogP contribution is 2.36. The summed E-state index contributed by atoms with van der Waals surface area (Å²) in [5.74, 6) is 0. The molecular formula is C22H25N5O3S. The van der Waals surface area contributed by atoms with Crippen molar-refractivity contribution in [3.05, 3.63) is 42.9 Å². The number of pyridine rings is 2.